The Morgan fingerprint density at radius 2 is 1.94 bits per heavy atom. The average Bonchev–Trinajstić information content (AvgIpc) is 2.29. The standard InChI is InChI=1S/C13H18FNO2/c1-3-9-15(12(4-2)13(16)17)11-7-5-10(14)6-8-11/h5-8,12H,3-4,9H2,1-2H3,(H,16,17)/t12-/m1/s1. The highest BCUT2D eigenvalue weighted by molar-refractivity contribution is 5.78. The minimum absolute atomic E-state index is 0.312. The molecule has 0 aliphatic carbocycles. The van der Waals surface area contributed by atoms with Crippen LogP contribution in [-0.2, 0) is 4.79 Å². The predicted octanol–water partition coefficient (Wildman–Crippen LogP) is 2.91. The van der Waals surface area contributed by atoms with E-state index < -0.39 is 12.0 Å². The molecule has 1 aromatic carbocycles. The van der Waals surface area contributed by atoms with Gasteiger partial charge in [-0.3, -0.25) is 0 Å². The Kier molecular flexibility index (Phi) is 4.94. The number of aliphatic carboxylic acids is 1. The lowest BCUT2D eigenvalue weighted by Crippen LogP contribution is -2.41. The van der Waals surface area contributed by atoms with Gasteiger partial charge in [0.1, 0.15) is 11.9 Å². The van der Waals surface area contributed by atoms with Crippen molar-refractivity contribution in [1.29, 1.82) is 0 Å². The van der Waals surface area contributed by atoms with E-state index in [2.05, 4.69) is 0 Å². The number of hydrogen-bond acceptors (Lipinski definition) is 2. The van der Waals surface area contributed by atoms with Gasteiger partial charge in [-0.1, -0.05) is 13.8 Å². The summed E-state index contributed by atoms with van der Waals surface area (Å²) in [5.74, 6) is -1.15. The summed E-state index contributed by atoms with van der Waals surface area (Å²) in [5.41, 5.74) is 0.752. The average molecular weight is 239 g/mol. The molecular formula is C13H18FNO2. The van der Waals surface area contributed by atoms with Crippen LogP contribution in [0.1, 0.15) is 26.7 Å². The van der Waals surface area contributed by atoms with Gasteiger partial charge in [-0.2, -0.15) is 0 Å². The van der Waals surface area contributed by atoms with Gasteiger partial charge in [0.05, 0.1) is 0 Å². The summed E-state index contributed by atoms with van der Waals surface area (Å²) in [6.45, 7) is 4.48. The molecule has 0 saturated heterocycles. The van der Waals surface area contributed by atoms with Crippen LogP contribution >= 0.6 is 0 Å². The highest BCUT2D eigenvalue weighted by atomic mass is 19.1. The van der Waals surface area contributed by atoms with Crippen LogP contribution in [0.15, 0.2) is 24.3 Å². The normalized spacial score (nSPS) is 12.2. The topological polar surface area (TPSA) is 40.5 Å². The van der Waals surface area contributed by atoms with Gasteiger partial charge in [0.15, 0.2) is 0 Å². The summed E-state index contributed by atoms with van der Waals surface area (Å²) < 4.78 is 12.8. The van der Waals surface area contributed by atoms with Crippen molar-refractivity contribution in [3.8, 4) is 0 Å². The van der Waals surface area contributed by atoms with Crippen molar-refractivity contribution in [1.82, 2.24) is 0 Å². The van der Waals surface area contributed by atoms with E-state index in [0.29, 0.717) is 13.0 Å². The smallest absolute Gasteiger partial charge is 0.326 e. The number of hydrogen-bond donors (Lipinski definition) is 1. The number of nitrogens with zero attached hydrogens (tertiary/aromatic N) is 1. The molecule has 1 aromatic rings. The molecule has 0 bridgehead atoms. The summed E-state index contributed by atoms with van der Waals surface area (Å²) in [6.07, 6.45) is 1.37. The zero-order chi connectivity index (χ0) is 12.8. The molecule has 17 heavy (non-hydrogen) atoms. The molecule has 4 heteroatoms. The lowest BCUT2D eigenvalue weighted by Gasteiger charge is -2.30. The van der Waals surface area contributed by atoms with Gasteiger partial charge in [0.25, 0.3) is 0 Å². The number of carboxylic acid groups (broad SMARTS) is 1. The molecule has 94 valence electrons. The zero-order valence-electron chi connectivity index (χ0n) is 10.2. The second-order valence-electron chi connectivity index (χ2n) is 3.93. The first kappa shape index (κ1) is 13.5. The third kappa shape index (κ3) is 3.44. The number of halogens is 1. The van der Waals surface area contributed by atoms with E-state index in [-0.39, 0.29) is 5.82 Å². The fourth-order valence-electron chi connectivity index (χ4n) is 1.87. The molecule has 0 aromatic heterocycles. The lowest BCUT2D eigenvalue weighted by atomic mass is 10.1. The van der Waals surface area contributed by atoms with Crippen LogP contribution in [0.25, 0.3) is 0 Å². The van der Waals surface area contributed by atoms with Crippen molar-refractivity contribution in [2.75, 3.05) is 11.4 Å². The molecule has 0 aliphatic heterocycles. The van der Waals surface area contributed by atoms with Gasteiger partial charge in [-0.05, 0) is 37.1 Å². The Morgan fingerprint density at radius 1 is 1.35 bits per heavy atom. The van der Waals surface area contributed by atoms with E-state index in [9.17, 15) is 14.3 Å². The number of anilines is 1. The van der Waals surface area contributed by atoms with Crippen molar-refractivity contribution in [3.05, 3.63) is 30.1 Å². The first-order valence-corrected chi connectivity index (χ1v) is 5.85. The molecule has 0 unspecified atom stereocenters. The molecule has 0 aliphatic rings. The Bertz CT molecular complexity index is 364. The van der Waals surface area contributed by atoms with E-state index in [0.717, 1.165) is 12.1 Å². The van der Waals surface area contributed by atoms with Gasteiger partial charge in [-0.25, -0.2) is 9.18 Å². The van der Waals surface area contributed by atoms with Crippen LogP contribution in [0, 0.1) is 5.82 Å². The van der Waals surface area contributed by atoms with Gasteiger partial charge in [0.2, 0.25) is 0 Å². The number of benzene rings is 1. The van der Waals surface area contributed by atoms with Crippen molar-refractivity contribution < 1.29 is 14.3 Å². The van der Waals surface area contributed by atoms with Crippen LogP contribution < -0.4 is 4.90 Å². The summed E-state index contributed by atoms with van der Waals surface area (Å²) in [7, 11) is 0. The highest BCUT2D eigenvalue weighted by Crippen LogP contribution is 2.19. The highest BCUT2D eigenvalue weighted by Gasteiger charge is 2.23. The van der Waals surface area contributed by atoms with Crippen LogP contribution in [0.2, 0.25) is 0 Å². The Hall–Kier alpha value is -1.58. The minimum atomic E-state index is -0.842. The zero-order valence-corrected chi connectivity index (χ0v) is 10.2. The fourth-order valence-corrected chi connectivity index (χ4v) is 1.87. The summed E-state index contributed by atoms with van der Waals surface area (Å²) in [4.78, 5) is 13.0. The molecule has 0 amide bonds. The van der Waals surface area contributed by atoms with E-state index in [1.54, 1.807) is 12.1 Å². The summed E-state index contributed by atoms with van der Waals surface area (Å²) >= 11 is 0. The number of rotatable bonds is 6. The van der Waals surface area contributed by atoms with Gasteiger partial charge >= 0.3 is 5.97 Å². The van der Waals surface area contributed by atoms with Gasteiger partial charge < -0.3 is 10.0 Å². The Labute approximate surface area is 101 Å². The van der Waals surface area contributed by atoms with Crippen LogP contribution in [0.4, 0.5) is 10.1 Å². The predicted molar refractivity (Wildman–Crippen MR) is 65.8 cm³/mol. The van der Waals surface area contributed by atoms with Gasteiger partial charge in [-0.15, -0.1) is 0 Å². The first-order chi connectivity index (χ1) is 8.10. The summed E-state index contributed by atoms with van der Waals surface area (Å²) in [6, 6.07) is 5.40. The van der Waals surface area contributed by atoms with Crippen molar-refractivity contribution in [2.45, 2.75) is 32.7 Å². The molecule has 0 saturated carbocycles. The molecule has 0 heterocycles. The maximum absolute atomic E-state index is 12.8. The maximum Gasteiger partial charge on any atom is 0.326 e. The fraction of sp³-hybridized carbons (Fsp3) is 0.462. The molecule has 3 nitrogen and oxygen atoms in total. The third-order valence-electron chi connectivity index (χ3n) is 2.67. The SMILES string of the molecule is CCCN(c1ccc(F)cc1)[C@H](CC)C(=O)O. The molecule has 1 rings (SSSR count). The largest absolute Gasteiger partial charge is 0.480 e. The molecular weight excluding hydrogens is 221 g/mol. The van der Waals surface area contributed by atoms with E-state index in [1.807, 2.05) is 18.7 Å². The van der Waals surface area contributed by atoms with Crippen LogP contribution in [-0.4, -0.2) is 23.7 Å². The van der Waals surface area contributed by atoms with Crippen molar-refractivity contribution in [2.24, 2.45) is 0 Å². The van der Waals surface area contributed by atoms with E-state index in [4.69, 9.17) is 0 Å². The Morgan fingerprint density at radius 3 is 2.35 bits per heavy atom. The second kappa shape index (κ2) is 6.23. The second-order valence-corrected chi connectivity index (χ2v) is 3.93. The van der Waals surface area contributed by atoms with Crippen molar-refractivity contribution in [3.63, 3.8) is 0 Å². The monoisotopic (exact) mass is 239 g/mol. The Balaban J connectivity index is 2.98. The lowest BCUT2D eigenvalue weighted by molar-refractivity contribution is -0.138. The van der Waals surface area contributed by atoms with Gasteiger partial charge in [0, 0.05) is 12.2 Å². The molecule has 0 fully saturated rings. The number of carbonyl (C=O) groups is 1. The van der Waals surface area contributed by atoms with Crippen molar-refractivity contribution >= 4 is 11.7 Å². The van der Waals surface area contributed by atoms with Crippen LogP contribution in [0.3, 0.4) is 0 Å². The quantitative estimate of drug-likeness (QED) is 0.829. The molecule has 1 atom stereocenters. The number of carboxylic acids is 1. The molecule has 0 spiro atoms. The first-order valence-electron chi connectivity index (χ1n) is 5.85. The summed E-state index contributed by atoms with van der Waals surface area (Å²) in [5, 5.41) is 9.17. The maximum atomic E-state index is 12.8. The van der Waals surface area contributed by atoms with E-state index in [1.165, 1.54) is 12.1 Å². The van der Waals surface area contributed by atoms with E-state index >= 15 is 0 Å². The minimum Gasteiger partial charge on any atom is -0.480 e. The molecule has 1 N–H and O–H groups in total. The molecule has 0 radical (unpaired) electrons. The van der Waals surface area contributed by atoms with Crippen LogP contribution in [0.5, 0.6) is 0 Å². The third-order valence-corrected chi connectivity index (χ3v) is 2.67.